The Balaban J connectivity index is 4.57. The Hall–Kier alpha value is -1.10. The fourth-order valence-electron chi connectivity index (χ4n) is 1.12. The highest BCUT2D eigenvalue weighted by Gasteiger charge is 2.27. The van der Waals surface area contributed by atoms with E-state index in [2.05, 4.69) is 5.32 Å². The van der Waals surface area contributed by atoms with Crippen LogP contribution in [0.3, 0.4) is 0 Å². The molecular weight excluding hydrogens is 234 g/mol. The van der Waals surface area contributed by atoms with Crippen LogP contribution in [0.5, 0.6) is 0 Å². The van der Waals surface area contributed by atoms with Crippen LogP contribution in [-0.4, -0.2) is 35.7 Å². The van der Waals surface area contributed by atoms with E-state index in [4.69, 9.17) is 9.47 Å². The lowest BCUT2D eigenvalue weighted by Gasteiger charge is -2.27. The van der Waals surface area contributed by atoms with Crippen LogP contribution in [0.15, 0.2) is 0 Å². The van der Waals surface area contributed by atoms with Gasteiger partial charge in [0.1, 0.15) is 5.60 Å². The van der Waals surface area contributed by atoms with Crippen LogP contribution in [0.2, 0.25) is 0 Å². The molecule has 5 nitrogen and oxygen atoms in total. The molecule has 18 heavy (non-hydrogen) atoms. The Kier molecular flexibility index (Phi) is 5.80. The number of rotatable bonds is 4. The molecule has 0 spiro atoms. The highest BCUT2D eigenvalue weighted by atomic mass is 16.6. The first-order chi connectivity index (χ1) is 7.91. The average Bonchev–Trinajstić information content (AvgIpc) is 2.06. The van der Waals surface area contributed by atoms with E-state index in [0.29, 0.717) is 0 Å². The largest absolute Gasteiger partial charge is 0.458 e. The van der Waals surface area contributed by atoms with E-state index in [9.17, 15) is 9.59 Å². The second-order valence-corrected chi connectivity index (χ2v) is 6.21. The normalized spacial score (nSPS) is 13.9. The fraction of sp³-hybridized carbons (Fsp3) is 0.846. The molecule has 0 saturated heterocycles. The quantitative estimate of drug-likeness (QED) is 0.780. The van der Waals surface area contributed by atoms with E-state index in [1.165, 1.54) is 6.92 Å². The minimum atomic E-state index is -0.777. The van der Waals surface area contributed by atoms with Crippen LogP contribution >= 0.6 is 0 Å². The number of carbonyl (C=O) groups is 2. The number of carbonyl (C=O) groups excluding carboxylic acids is 2. The summed E-state index contributed by atoms with van der Waals surface area (Å²) >= 11 is 0. The molecule has 0 unspecified atom stereocenters. The number of nitrogens with one attached hydrogen (secondary N) is 1. The van der Waals surface area contributed by atoms with Crippen LogP contribution in [0.25, 0.3) is 0 Å². The van der Waals surface area contributed by atoms with Gasteiger partial charge in [-0.15, -0.1) is 0 Å². The molecule has 0 saturated carbocycles. The zero-order valence-corrected chi connectivity index (χ0v) is 12.4. The third-order valence-corrected chi connectivity index (χ3v) is 1.75. The molecule has 0 aromatic rings. The molecule has 1 atom stereocenters. The molecule has 0 aromatic carbocycles. The van der Waals surface area contributed by atoms with Crippen molar-refractivity contribution < 1.29 is 19.1 Å². The van der Waals surface area contributed by atoms with Crippen molar-refractivity contribution in [1.29, 1.82) is 0 Å². The standard InChI is InChI=1S/C13H25NO4/c1-9(15)14-10(8-17-12(2,3)4)11(16)18-13(5,6)7/h10H,8H2,1-7H3,(H,14,15)/t10-/m0/s1. The van der Waals surface area contributed by atoms with Crippen molar-refractivity contribution in [2.45, 2.75) is 65.7 Å². The lowest BCUT2D eigenvalue weighted by atomic mass is 10.1. The van der Waals surface area contributed by atoms with Crippen molar-refractivity contribution in [3.63, 3.8) is 0 Å². The first kappa shape index (κ1) is 16.9. The van der Waals surface area contributed by atoms with E-state index in [0.717, 1.165) is 0 Å². The summed E-state index contributed by atoms with van der Waals surface area (Å²) in [6.45, 7) is 12.4. The van der Waals surface area contributed by atoms with Crippen molar-refractivity contribution >= 4 is 11.9 Å². The molecule has 5 heteroatoms. The van der Waals surface area contributed by atoms with Gasteiger partial charge in [0.05, 0.1) is 12.2 Å². The van der Waals surface area contributed by atoms with Crippen molar-refractivity contribution in [2.75, 3.05) is 6.61 Å². The molecule has 0 fully saturated rings. The second kappa shape index (κ2) is 6.18. The van der Waals surface area contributed by atoms with E-state index >= 15 is 0 Å². The van der Waals surface area contributed by atoms with Gasteiger partial charge in [-0.2, -0.15) is 0 Å². The highest BCUT2D eigenvalue weighted by molar-refractivity contribution is 5.83. The lowest BCUT2D eigenvalue weighted by molar-refractivity contribution is -0.161. The number of hydrogen-bond acceptors (Lipinski definition) is 4. The third kappa shape index (κ3) is 8.98. The second-order valence-electron chi connectivity index (χ2n) is 6.21. The van der Waals surface area contributed by atoms with Crippen LogP contribution in [0.4, 0.5) is 0 Å². The predicted molar refractivity (Wildman–Crippen MR) is 69.2 cm³/mol. The van der Waals surface area contributed by atoms with E-state index < -0.39 is 17.6 Å². The van der Waals surface area contributed by atoms with Gasteiger partial charge < -0.3 is 14.8 Å². The van der Waals surface area contributed by atoms with Crippen LogP contribution in [0.1, 0.15) is 48.5 Å². The molecule has 0 aromatic heterocycles. The van der Waals surface area contributed by atoms with Gasteiger partial charge in [-0.25, -0.2) is 4.79 Å². The summed E-state index contributed by atoms with van der Waals surface area (Å²) in [7, 11) is 0. The van der Waals surface area contributed by atoms with Crippen molar-refractivity contribution in [3.05, 3.63) is 0 Å². The predicted octanol–water partition coefficient (Wildman–Crippen LogP) is 1.65. The topological polar surface area (TPSA) is 64.6 Å². The molecule has 1 N–H and O–H groups in total. The Labute approximate surface area is 109 Å². The number of ether oxygens (including phenoxy) is 2. The smallest absolute Gasteiger partial charge is 0.331 e. The summed E-state index contributed by atoms with van der Waals surface area (Å²) in [6.07, 6.45) is 0. The van der Waals surface area contributed by atoms with Gasteiger partial charge in [0, 0.05) is 6.92 Å². The minimum Gasteiger partial charge on any atom is -0.458 e. The van der Waals surface area contributed by atoms with Gasteiger partial charge in [0.25, 0.3) is 0 Å². The van der Waals surface area contributed by atoms with Crippen LogP contribution in [0, 0.1) is 0 Å². The van der Waals surface area contributed by atoms with Gasteiger partial charge in [0.2, 0.25) is 5.91 Å². The molecule has 0 heterocycles. The minimum absolute atomic E-state index is 0.0952. The maximum absolute atomic E-state index is 11.9. The van der Waals surface area contributed by atoms with E-state index in [-0.39, 0.29) is 18.1 Å². The number of amides is 1. The Morgan fingerprint density at radius 3 is 1.89 bits per heavy atom. The van der Waals surface area contributed by atoms with E-state index in [1.54, 1.807) is 20.8 Å². The lowest BCUT2D eigenvalue weighted by Crippen LogP contribution is -2.47. The maximum Gasteiger partial charge on any atom is 0.331 e. The van der Waals surface area contributed by atoms with Crippen molar-refractivity contribution in [3.8, 4) is 0 Å². The zero-order chi connectivity index (χ0) is 14.6. The van der Waals surface area contributed by atoms with E-state index in [1.807, 2.05) is 20.8 Å². The van der Waals surface area contributed by atoms with Gasteiger partial charge >= 0.3 is 5.97 Å². The van der Waals surface area contributed by atoms with Crippen molar-refractivity contribution in [1.82, 2.24) is 5.32 Å². The van der Waals surface area contributed by atoms with Gasteiger partial charge in [-0.05, 0) is 41.5 Å². The fourth-order valence-corrected chi connectivity index (χ4v) is 1.12. The molecule has 0 aliphatic heterocycles. The summed E-state index contributed by atoms with van der Waals surface area (Å²) in [5, 5.41) is 2.54. The zero-order valence-electron chi connectivity index (χ0n) is 12.4. The SMILES string of the molecule is CC(=O)N[C@@H](COC(C)(C)C)C(=O)OC(C)(C)C. The number of esters is 1. The number of hydrogen-bond donors (Lipinski definition) is 1. The summed E-state index contributed by atoms with van der Waals surface area (Å²) in [4.78, 5) is 23.0. The van der Waals surface area contributed by atoms with Gasteiger partial charge in [-0.3, -0.25) is 4.79 Å². The molecule has 0 rings (SSSR count). The van der Waals surface area contributed by atoms with Gasteiger partial charge in [-0.1, -0.05) is 0 Å². The monoisotopic (exact) mass is 259 g/mol. The Morgan fingerprint density at radius 2 is 1.56 bits per heavy atom. The molecule has 106 valence electrons. The molecule has 0 aliphatic rings. The maximum atomic E-state index is 11.9. The summed E-state index contributed by atoms with van der Waals surface area (Å²) in [6, 6.07) is -0.777. The van der Waals surface area contributed by atoms with Crippen LogP contribution in [-0.2, 0) is 19.1 Å². The molecule has 0 aliphatic carbocycles. The molecule has 0 bridgehead atoms. The third-order valence-electron chi connectivity index (χ3n) is 1.75. The molecule has 1 amide bonds. The van der Waals surface area contributed by atoms with Crippen molar-refractivity contribution in [2.24, 2.45) is 0 Å². The molecular formula is C13H25NO4. The summed E-state index contributed by atoms with van der Waals surface area (Å²) < 4.78 is 10.7. The first-order valence-corrected chi connectivity index (χ1v) is 6.04. The average molecular weight is 259 g/mol. The van der Waals surface area contributed by atoms with Crippen LogP contribution < -0.4 is 5.32 Å². The Bertz CT molecular complexity index is 299. The highest BCUT2D eigenvalue weighted by Crippen LogP contribution is 2.11. The summed E-state index contributed by atoms with van der Waals surface area (Å²) in [5.74, 6) is -0.773. The Morgan fingerprint density at radius 1 is 1.06 bits per heavy atom. The first-order valence-electron chi connectivity index (χ1n) is 6.04. The molecule has 0 radical (unpaired) electrons. The summed E-state index contributed by atoms with van der Waals surface area (Å²) in [5.41, 5.74) is -0.964. The van der Waals surface area contributed by atoms with Gasteiger partial charge in [0.15, 0.2) is 6.04 Å².